The van der Waals surface area contributed by atoms with E-state index >= 15 is 0 Å². The van der Waals surface area contributed by atoms with Crippen LogP contribution >= 0.6 is 0 Å². The summed E-state index contributed by atoms with van der Waals surface area (Å²) >= 11 is 0. The fourth-order valence-corrected chi connectivity index (χ4v) is 4.55. The molecule has 0 amide bonds. The van der Waals surface area contributed by atoms with E-state index in [2.05, 4.69) is 6.92 Å². The van der Waals surface area contributed by atoms with Crippen molar-refractivity contribution < 1.29 is 22.6 Å². The van der Waals surface area contributed by atoms with E-state index in [0.29, 0.717) is 5.56 Å². The molecule has 0 unspecified atom stereocenters. The van der Waals surface area contributed by atoms with E-state index in [1.165, 1.54) is 7.11 Å². The molecule has 1 saturated carbocycles. The van der Waals surface area contributed by atoms with Gasteiger partial charge in [0.25, 0.3) is 0 Å². The molecule has 3 aromatic rings. The van der Waals surface area contributed by atoms with Gasteiger partial charge in [-0.15, -0.1) is 0 Å². The lowest BCUT2D eigenvalue weighted by Gasteiger charge is -2.29. The molecule has 1 aliphatic rings. The van der Waals surface area contributed by atoms with E-state index < -0.39 is 11.6 Å². The van der Waals surface area contributed by atoms with Crippen molar-refractivity contribution in [3.05, 3.63) is 88.7 Å². The Bertz CT molecular complexity index is 1090. The Labute approximate surface area is 193 Å². The van der Waals surface area contributed by atoms with E-state index in [1.54, 1.807) is 24.3 Å². The molecule has 3 aromatic carbocycles. The van der Waals surface area contributed by atoms with Crippen molar-refractivity contribution in [3.8, 4) is 16.9 Å². The van der Waals surface area contributed by atoms with Crippen LogP contribution in [0.4, 0.5) is 13.2 Å². The number of ether oxygens (including phenoxy) is 2. The summed E-state index contributed by atoms with van der Waals surface area (Å²) in [5.74, 6) is -1.54. The molecular formula is C28H29F3O2. The van der Waals surface area contributed by atoms with Crippen LogP contribution < -0.4 is 4.74 Å². The zero-order valence-corrected chi connectivity index (χ0v) is 19.0. The number of methoxy groups -OCH3 is 1. The van der Waals surface area contributed by atoms with Gasteiger partial charge < -0.3 is 9.47 Å². The summed E-state index contributed by atoms with van der Waals surface area (Å²) in [4.78, 5) is 0. The Balaban J connectivity index is 1.35. The normalized spacial score (nSPS) is 18.3. The van der Waals surface area contributed by atoms with Gasteiger partial charge in [0.05, 0.1) is 19.8 Å². The molecule has 0 aliphatic heterocycles. The monoisotopic (exact) mass is 454 g/mol. The first kappa shape index (κ1) is 23.4. The molecule has 1 aliphatic carbocycles. The van der Waals surface area contributed by atoms with Crippen LogP contribution in [0.2, 0.25) is 0 Å². The van der Waals surface area contributed by atoms with Gasteiger partial charge >= 0.3 is 0 Å². The minimum absolute atomic E-state index is 0.0203. The van der Waals surface area contributed by atoms with Crippen LogP contribution in [0.3, 0.4) is 0 Å². The first-order valence-electron chi connectivity index (χ1n) is 11.5. The van der Waals surface area contributed by atoms with Crippen molar-refractivity contribution in [1.82, 2.24) is 0 Å². The topological polar surface area (TPSA) is 18.5 Å². The van der Waals surface area contributed by atoms with Crippen molar-refractivity contribution in [2.24, 2.45) is 0 Å². The summed E-state index contributed by atoms with van der Waals surface area (Å²) in [5, 5.41) is 0. The summed E-state index contributed by atoms with van der Waals surface area (Å²) < 4.78 is 54.4. The number of hydrogen-bond donors (Lipinski definition) is 0. The van der Waals surface area contributed by atoms with Gasteiger partial charge in [-0.1, -0.05) is 49.4 Å². The lowest BCUT2D eigenvalue weighted by Crippen LogP contribution is -2.21. The molecule has 0 atom stereocenters. The smallest absolute Gasteiger partial charge is 0.167 e. The molecule has 4 rings (SSSR count). The van der Waals surface area contributed by atoms with Gasteiger partial charge in [0, 0.05) is 11.1 Å². The van der Waals surface area contributed by atoms with Crippen molar-refractivity contribution in [2.45, 2.75) is 57.7 Å². The Morgan fingerprint density at radius 1 is 0.848 bits per heavy atom. The van der Waals surface area contributed by atoms with Crippen LogP contribution in [0.25, 0.3) is 11.1 Å². The zero-order valence-electron chi connectivity index (χ0n) is 19.0. The van der Waals surface area contributed by atoms with Gasteiger partial charge in [-0.25, -0.2) is 13.2 Å². The van der Waals surface area contributed by atoms with Crippen LogP contribution in [0.1, 0.15) is 55.2 Å². The molecule has 2 nitrogen and oxygen atoms in total. The van der Waals surface area contributed by atoms with Crippen molar-refractivity contribution in [3.63, 3.8) is 0 Å². The maximum atomic E-state index is 14.8. The zero-order chi connectivity index (χ0) is 23.4. The minimum Gasteiger partial charge on any atom is -0.494 e. The average molecular weight is 455 g/mol. The Morgan fingerprint density at radius 3 is 2.21 bits per heavy atom. The Hall–Kier alpha value is -2.79. The van der Waals surface area contributed by atoms with Crippen LogP contribution in [0.15, 0.2) is 54.6 Å². The fourth-order valence-electron chi connectivity index (χ4n) is 4.55. The van der Waals surface area contributed by atoms with Crippen LogP contribution in [0, 0.1) is 17.5 Å². The molecule has 0 heterocycles. The van der Waals surface area contributed by atoms with Gasteiger partial charge in [0.15, 0.2) is 23.2 Å². The third-order valence-corrected chi connectivity index (χ3v) is 6.63. The van der Waals surface area contributed by atoms with Crippen LogP contribution in [0.5, 0.6) is 5.75 Å². The Kier molecular flexibility index (Phi) is 7.39. The minimum atomic E-state index is -0.852. The van der Waals surface area contributed by atoms with E-state index in [0.717, 1.165) is 43.2 Å². The number of benzene rings is 3. The molecule has 0 N–H and O–H groups in total. The van der Waals surface area contributed by atoms with Gasteiger partial charge in [-0.2, -0.15) is 0 Å². The molecule has 0 saturated heterocycles. The number of halogens is 3. The molecule has 0 aromatic heterocycles. The highest BCUT2D eigenvalue weighted by molar-refractivity contribution is 5.65. The van der Waals surface area contributed by atoms with Gasteiger partial charge in [-0.3, -0.25) is 0 Å². The number of rotatable bonds is 7. The second-order valence-electron chi connectivity index (χ2n) is 8.63. The lowest BCUT2D eigenvalue weighted by molar-refractivity contribution is 0.0119. The fraction of sp³-hybridized carbons (Fsp3) is 0.357. The van der Waals surface area contributed by atoms with E-state index in [1.807, 2.05) is 30.3 Å². The average Bonchev–Trinajstić information content (AvgIpc) is 2.85. The maximum Gasteiger partial charge on any atom is 0.167 e. The third-order valence-electron chi connectivity index (χ3n) is 6.63. The largest absolute Gasteiger partial charge is 0.494 e. The summed E-state index contributed by atoms with van der Waals surface area (Å²) in [7, 11) is 1.45. The molecule has 0 spiro atoms. The highest BCUT2D eigenvalue weighted by atomic mass is 19.2. The standard InChI is InChI=1S/C28H29F3O2/c1-3-18-4-6-20(7-5-18)24-14-10-22(27(30)28(24)31)17-33-23-12-8-19(9-13-23)21-11-15-26(32-2)25(29)16-21/h4-7,10-11,14-16,19,23H,3,8-9,12-13,17H2,1-2H3. The van der Waals surface area contributed by atoms with Crippen molar-refractivity contribution in [2.75, 3.05) is 7.11 Å². The summed E-state index contributed by atoms with van der Waals surface area (Å²) in [6, 6.07) is 15.8. The Morgan fingerprint density at radius 2 is 1.58 bits per heavy atom. The molecule has 5 heteroatoms. The number of aryl methyl sites for hydroxylation is 1. The van der Waals surface area contributed by atoms with Crippen molar-refractivity contribution >= 4 is 0 Å². The SMILES string of the molecule is CCc1ccc(-c2ccc(COC3CCC(c4ccc(OC)c(F)c4)CC3)c(F)c2F)cc1. The first-order chi connectivity index (χ1) is 16.0. The van der Waals surface area contributed by atoms with Crippen LogP contribution in [-0.2, 0) is 17.8 Å². The maximum absolute atomic E-state index is 14.8. The van der Waals surface area contributed by atoms with Gasteiger partial charge in [-0.05, 0) is 66.8 Å². The molecule has 33 heavy (non-hydrogen) atoms. The molecule has 174 valence electrons. The molecular weight excluding hydrogens is 425 g/mol. The van der Waals surface area contributed by atoms with Crippen LogP contribution in [-0.4, -0.2) is 13.2 Å². The predicted molar refractivity (Wildman–Crippen MR) is 124 cm³/mol. The molecule has 0 bridgehead atoms. The third kappa shape index (κ3) is 5.25. The van der Waals surface area contributed by atoms with Gasteiger partial charge in [0.1, 0.15) is 0 Å². The summed E-state index contributed by atoms with van der Waals surface area (Å²) in [6.45, 7) is 2.08. The van der Waals surface area contributed by atoms with Gasteiger partial charge in [0.2, 0.25) is 0 Å². The highest BCUT2D eigenvalue weighted by Gasteiger charge is 2.24. The van der Waals surface area contributed by atoms with E-state index in [9.17, 15) is 13.2 Å². The van der Waals surface area contributed by atoms with Crippen molar-refractivity contribution in [1.29, 1.82) is 0 Å². The summed E-state index contributed by atoms with van der Waals surface area (Å²) in [6.07, 6.45) is 4.19. The number of hydrogen-bond acceptors (Lipinski definition) is 2. The lowest BCUT2D eigenvalue weighted by atomic mass is 9.82. The molecule has 1 fully saturated rings. The quantitative estimate of drug-likeness (QED) is 0.366. The van der Waals surface area contributed by atoms with E-state index in [4.69, 9.17) is 9.47 Å². The second kappa shape index (κ2) is 10.4. The van der Waals surface area contributed by atoms with E-state index in [-0.39, 0.29) is 41.3 Å². The molecule has 0 radical (unpaired) electrons. The second-order valence-corrected chi connectivity index (χ2v) is 8.63. The predicted octanol–water partition coefficient (Wildman–Crippen LogP) is 7.58. The first-order valence-corrected chi connectivity index (χ1v) is 11.5. The highest BCUT2D eigenvalue weighted by Crippen LogP contribution is 2.36. The summed E-state index contributed by atoms with van der Waals surface area (Å²) in [5.41, 5.74) is 3.25.